The van der Waals surface area contributed by atoms with Crippen LogP contribution in [0.25, 0.3) is 0 Å². The van der Waals surface area contributed by atoms with Gasteiger partial charge in [0.15, 0.2) is 0 Å². The van der Waals surface area contributed by atoms with Gasteiger partial charge in [0.2, 0.25) is 0 Å². The number of nitriles is 1. The fraction of sp³-hybridized carbons (Fsp3) is 0.154. The van der Waals surface area contributed by atoms with Crippen molar-refractivity contribution in [3.8, 4) is 6.07 Å². The first-order valence-electron chi connectivity index (χ1n) is 5.53. The summed E-state index contributed by atoms with van der Waals surface area (Å²) in [5.74, 6) is -0.976. The Kier molecular flexibility index (Phi) is 3.29. The number of carbonyl (C=O) groups excluding carboxylic acids is 1. The highest BCUT2D eigenvalue weighted by Crippen LogP contribution is 2.15. The van der Waals surface area contributed by atoms with Crippen molar-refractivity contribution in [2.45, 2.75) is 6.92 Å². The van der Waals surface area contributed by atoms with Crippen molar-refractivity contribution in [2.24, 2.45) is 7.05 Å². The highest BCUT2D eigenvalue weighted by Gasteiger charge is 2.12. The molecule has 6 heteroatoms. The van der Waals surface area contributed by atoms with Gasteiger partial charge < -0.3 is 5.32 Å². The van der Waals surface area contributed by atoms with Gasteiger partial charge in [0, 0.05) is 12.7 Å². The molecule has 5 nitrogen and oxygen atoms in total. The second-order valence-corrected chi connectivity index (χ2v) is 4.06. The standard InChI is InChI=1S/C13H11FN4O/c1-8-5-12(18(2)17-8)13(19)16-10-3-4-11(14)9(6-10)7-15/h3-6H,1-2H3,(H,16,19). The summed E-state index contributed by atoms with van der Waals surface area (Å²) in [7, 11) is 1.66. The number of carbonyl (C=O) groups is 1. The van der Waals surface area contributed by atoms with Crippen LogP contribution in [0.15, 0.2) is 24.3 Å². The Morgan fingerprint density at radius 1 is 1.47 bits per heavy atom. The Morgan fingerprint density at radius 3 is 2.79 bits per heavy atom. The first kappa shape index (κ1) is 12.8. The molecule has 1 aromatic heterocycles. The summed E-state index contributed by atoms with van der Waals surface area (Å²) >= 11 is 0. The molecule has 0 saturated carbocycles. The third-order valence-electron chi connectivity index (χ3n) is 2.58. The van der Waals surface area contributed by atoms with Crippen LogP contribution in [0, 0.1) is 24.1 Å². The maximum Gasteiger partial charge on any atom is 0.273 e. The van der Waals surface area contributed by atoms with Crippen molar-refractivity contribution in [1.82, 2.24) is 9.78 Å². The average molecular weight is 258 g/mol. The molecular weight excluding hydrogens is 247 g/mol. The van der Waals surface area contributed by atoms with Crippen molar-refractivity contribution in [3.05, 3.63) is 47.0 Å². The molecule has 0 aliphatic heterocycles. The van der Waals surface area contributed by atoms with E-state index >= 15 is 0 Å². The first-order chi connectivity index (χ1) is 9.01. The Bertz CT molecular complexity index is 684. The molecule has 19 heavy (non-hydrogen) atoms. The van der Waals surface area contributed by atoms with Crippen LogP contribution in [0.5, 0.6) is 0 Å². The van der Waals surface area contributed by atoms with Crippen LogP contribution >= 0.6 is 0 Å². The van der Waals surface area contributed by atoms with Gasteiger partial charge in [0.25, 0.3) is 5.91 Å². The topological polar surface area (TPSA) is 70.7 Å². The van der Waals surface area contributed by atoms with E-state index in [-0.39, 0.29) is 11.5 Å². The maximum absolute atomic E-state index is 13.1. The van der Waals surface area contributed by atoms with Crippen LogP contribution in [0.4, 0.5) is 10.1 Å². The molecule has 0 fully saturated rings. The van der Waals surface area contributed by atoms with Gasteiger partial charge in [-0.25, -0.2) is 4.39 Å². The molecule has 0 aliphatic carbocycles. The smallest absolute Gasteiger partial charge is 0.273 e. The number of hydrogen-bond donors (Lipinski definition) is 1. The van der Waals surface area contributed by atoms with E-state index in [0.29, 0.717) is 11.4 Å². The first-order valence-corrected chi connectivity index (χ1v) is 5.53. The average Bonchev–Trinajstić information content (AvgIpc) is 2.71. The van der Waals surface area contributed by atoms with E-state index in [1.165, 1.54) is 16.8 Å². The fourth-order valence-corrected chi connectivity index (χ4v) is 1.71. The Morgan fingerprint density at radius 2 is 2.21 bits per heavy atom. The van der Waals surface area contributed by atoms with Crippen molar-refractivity contribution in [1.29, 1.82) is 5.26 Å². The van der Waals surface area contributed by atoms with Gasteiger partial charge in [-0.2, -0.15) is 10.4 Å². The molecule has 1 heterocycles. The molecule has 0 aliphatic rings. The third kappa shape index (κ3) is 2.60. The summed E-state index contributed by atoms with van der Waals surface area (Å²) in [4.78, 5) is 12.0. The second kappa shape index (κ2) is 4.90. The molecule has 2 rings (SSSR count). The van der Waals surface area contributed by atoms with Crippen LogP contribution < -0.4 is 5.32 Å². The van der Waals surface area contributed by atoms with Crippen LogP contribution in [0.3, 0.4) is 0 Å². The van der Waals surface area contributed by atoms with Gasteiger partial charge >= 0.3 is 0 Å². The molecule has 0 spiro atoms. The van der Waals surface area contributed by atoms with Gasteiger partial charge in [0.1, 0.15) is 17.6 Å². The molecule has 1 N–H and O–H groups in total. The van der Waals surface area contributed by atoms with Gasteiger partial charge in [-0.05, 0) is 31.2 Å². The predicted molar refractivity (Wildman–Crippen MR) is 67.0 cm³/mol. The van der Waals surface area contributed by atoms with Gasteiger partial charge in [0.05, 0.1) is 11.3 Å². The number of amides is 1. The van der Waals surface area contributed by atoms with Crippen molar-refractivity contribution >= 4 is 11.6 Å². The highest BCUT2D eigenvalue weighted by molar-refractivity contribution is 6.03. The molecule has 0 atom stereocenters. The number of aryl methyl sites for hydroxylation is 2. The quantitative estimate of drug-likeness (QED) is 0.895. The van der Waals surface area contributed by atoms with E-state index in [1.807, 2.05) is 0 Å². The number of nitrogens with zero attached hydrogens (tertiary/aromatic N) is 3. The third-order valence-corrected chi connectivity index (χ3v) is 2.58. The minimum Gasteiger partial charge on any atom is -0.321 e. The lowest BCUT2D eigenvalue weighted by molar-refractivity contribution is 0.101. The van der Waals surface area contributed by atoms with E-state index in [4.69, 9.17) is 5.26 Å². The number of anilines is 1. The predicted octanol–water partition coefficient (Wildman–Crippen LogP) is 1.99. The fourth-order valence-electron chi connectivity index (χ4n) is 1.71. The van der Waals surface area contributed by atoms with Gasteiger partial charge in [-0.3, -0.25) is 9.48 Å². The monoisotopic (exact) mass is 258 g/mol. The van der Waals surface area contributed by atoms with E-state index in [1.54, 1.807) is 26.1 Å². The molecule has 0 radical (unpaired) electrons. The Hall–Kier alpha value is -2.68. The zero-order valence-corrected chi connectivity index (χ0v) is 10.4. The molecule has 0 bridgehead atoms. The number of benzene rings is 1. The number of rotatable bonds is 2. The van der Waals surface area contributed by atoms with Crippen LogP contribution in [0.1, 0.15) is 21.7 Å². The van der Waals surface area contributed by atoms with E-state index in [2.05, 4.69) is 10.4 Å². The van der Waals surface area contributed by atoms with Crippen molar-refractivity contribution < 1.29 is 9.18 Å². The lowest BCUT2D eigenvalue weighted by Gasteiger charge is -2.05. The summed E-state index contributed by atoms with van der Waals surface area (Å²) < 4.78 is 14.6. The zero-order chi connectivity index (χ0) is 14.0. The van der Waals surface area contributed by atoms with Gasteiger partial charge in [-0.15, -0.1) is 0 Å². The second-order valence-electron chi connectivity index (χ2n) is 4.06. The highest BCUT2D eigenvalue weighted by atomic mass is 19.1. The lowest BCUT2D eigenvalue weighted by atomic mass is 10.2. The SMILES string of the molecule is Cc1cc(C(=O)Nc2ccc(F)c(C#N)c2)n(C)n1. The molecule has 0 unspecified atom stereocenters. The number of hydrogen-bond acceptors (Lipinski definition) is 3. The summed E-state index contributed by atoms with van der Waals surface area (Å²) in [6.45, 7) is 1.78. The minimum atomic E-state index is -0.614. The summed E-state index contributed by atoms with van der Waals surface area (Å²) in [5, 5.41) is 15.4. The van der Waals surface area contributed by atoms with E-state index < -0.39 is 5.82 Å². The molecule has 1 aromatic carbocycles. The normalized spacial score (nSPS) is 10.0. The van der Waals surface area contributed by atoms with Crippen LogP contribution in [-0.2, 0) is 7.05 Å². The van der Waals surface area contributed by atoms with Crippen LogP contribution in [0.2, 0.25) is 0 Å². The van der Waals surface area contributed by atoms with Gasteiger partial charge in [-0.1, -0.05) is 0 Å². The summed E-state index contributed by atoms with van der Waals surface area (Å²) in [6.07, 6.45) is 0. The molecule has 1 amide bonds. The lowest BCUT2D eigenvalue weighted by Crippen LogP contribution is -2.16. The van der Waals surface area contributed by atoms with Crippen molar-refractivity contribution in [2.75, 3.05) is 5.32 Å². The summed E-state index contributed by atoms with van der Waals surface area (Å²) in [6, 6.07) is 7.19. The zero-order valence-electron chi connectivity index (χ0n) is 10.4. The summed E-state index contributed by atoms with van der Waals surface area (Å²) in [5.41, 5.74) is 1.37. The maximum atomic E-state index is 13.1. The molecule has 2 aromatic rings. The van der Waals surface area contributed by atoms with E-state index in [9.17, 15) is 9.18 Å². The minimum absolute atomic E-state index is 0.112. The van der Waals surface area contributed by atoms with Crippen LogP contribution in [-0.4, -0.2) is 15.7 Å². The number of nitrogens with one attached hydrogen (secondary N) is 1. The molecule has 96 valence electrons. The number of aromatic nitrogens is 2. The molecule has 0 saturated heterocycles. The molecular formula is C13H11FN4O. The number of halogens is 1. The Balaban J connectivity index is 2.25. The largest absolute Gasteiger partial charge is 0.321 e. The van der Waals surface area contributed by atoms with Crippen molar-refractivity contribution in [3.63, 3.8) is 0 Å². The van der Waals surface area contributed by atoms with E-state index in [0.717, 1.165) is 11.8 Å². The Labute approximate surface area is 109 Å².